The fourth-order valence-electron chi connectivity index (χ4n) is 0.485. The Morgan fingerprint density at radius 3 is 1.20 bits per heavy atom. The van der Waals surface area contributed by atoms with Crippen LogP contribution in [0.15, 0.2) is 30.6 Å². The van der Waals surface area contributed by atoms with Gasteiger partial charge in [0.25, 0.3) is 0 Å². The summed E-state index contributed by atoms with van der Waals surface area (Å²) >= 11 is 0. The quantitative estimate of drug-likeness (QED) is 0.461. The van der Waals surface area contributed by atoms with Gasteiger partial charge in [0.2, 0.25) is 0 Å². The number of aromatic nitrogens is 1. The van der Waals surface area contributed by atoms with Gasteiger partial charge in [-0.2, -0.15) is 0 Å². The Kier molecular flexibility index (Phi) is 14.7. The minimum absolute atomic E-state index is 0. The van der Waals surface area contributed by atoms with Crippen molar-refractivity contribution in [2.75, 3.05) is 28.2 Å². The number of rotatable bonds is 0. The summed E-state index contributed by atoms with van der Waals surface area (Å²) in [6.07, 6.45) is 4.00. The van der Waals surface area contributed by atoms with Gasteiger partial charge >= 0.3 is 0 Å². The molecule has 1 aromatic rings. The molecule has 0 amide bonds. The van der Waals surface area contributed by atoms with E-state index in [0.29, 0.717) is 0 Å². The van der Waals surface area contributed by atoms with Crippen LogP contribution in [0, 0.1) is 0 Å². The highest BCUT2D eigenvalue weighted by molar-refractivity contribution is 4.83. The molecule has 0 saturated carbocycles. The van der Waals surface area contributed by atoms with E-state index in [9.17, 15) is 0 Å². The predicted octanol–water partition coefficient (Wildman–Crippen LogP) is 2.50. The number of hydrogen-bond donors (Lipinski definition) is 0. The van der Waals surface area contributed by atoms with Gasteiger partial charge in [0.1, 0.15) is 7.05 Å². The monoisotopic (exact) mass is 214 g/mol. The van der Waals surface area contributed by atoms with E-state index in [-0.39, 0.29) is 7.43 Å². The summed E-state index contributed by atoms with van der Waals surface area (Å²) in [6, 6.07) is 6.00. The van der Waals surface area contributed by atoms with Crippen molar-refractivity contribution in [1.82, 2.24) is 0 Å². The molecule has 0 fully saturated rings. The lowest BCUT2D eigenvalue weighted by atomic mass is 10.5. The molecule has 15 heavy (non-hydrogen) atoms. The summed E-state index contributed by atoms with van der Waals surface area (Å²) in [5.41, 5.74) is 0. The molecule has 0 bridgehead atoms. The summed E-state index contributed by atoms with van der Waals surface area (Å²) < 4.78 is 3.00. The highest BCUT2D eigenvalue weighted by Crippen LogP contribution is 1.73. The molecule has 0 aromatic carbocycles. The molecule has 0 radical (unpaired) electrons. The number of nitrogens with zero attached hydrogens (tertiary/aromatic N) is 2. The number of quaternary nitrogens is 1. The molecule has 0 aliphatic carbocycles. The zero-order valence-electron chi connectivity index (χ0n) is 10.8. The van der Waals surface area contributed by atoms with Crippen LogP contribution in [0.1, 0.15) is 21.3 Å². The van der Waals surface area contributed by atoms with E-state index in [1.165, 1.54) is 0 Å². The van der Waals surface area contributed by atoms with E-state index in [4.69, 9.17) is 0 Å². The SMILES string of the molecule is C.CC.C[N+](C)(C)C.C[n+]1ccccc1. The average Bonchev–Trinajstić information content (AvgIpc) is 2.06. The Balaban J connectivity index is -0.000000162. The second-order valence-electron chi connectivity index (χ2n) is 4.22. The molecule has 2 heteroatoms. The van der Waals surface area contributed by atoms with E-state index in [1.807, 2.05) is 56.1 Å². The van der Waals surface area contributed by atoms with Crippen LogP contribution >= 0.6 is 0 Å². The van der Waals surface area contributed by atoms with Crippen LogP contribution < -0.4 is 4.57 Å². The van der Waals surface area contributed by atoms with Crippen LogP contribution in [0.3, 0.4) is 0 Å². The Morgan fingerprint density at radius 1 is 0.800 bits per heavy atom. The zero-order chi connectivity index (χ0) is 11.6. The third-order valence-electron chi connectivity index (χ3n) is 0.865. The van der Waals surface area contributed by atoms with Gasteiger partial charge in [-0.25, -0.2) is 4.57 Å². The van der Waals surface area contributed by atoms with Crippen LogP contribution in [0.2, 0.25) is 0 Å². The normalized spacial score (nSPS) is 8.47. The maximum atomic E-state index is 2.12. The van der Waals surface area contributed by atoms with Gasteiger partial charge in [0.05, 0.1) is 28.2 Å². The van der Waals surface area contributed by atoms with Crippen molar-refractivity contribution in [2.45, 2.75) is 21.3 Å². The van der Waals surface area contributed by atoms with E-state index in [1.54, 1.807) is 0 Å². The van der Waals surface area contributed by atoms with Crippen LogP contribution in [0.5, 0.6) is 0 Å². The highest BCUT2D eigenvalue weighted by atomic mass is 15.2. The minimum Gasteiger partial charge on any atom is -0.333 e. The Morgan fingerprint density at radius 2 is 1.07 bits per heavy atom. The largest absolute Gasteiger partial charge is 0.333 e. The smallest absolute Gasteiger partial charge is 0.168 e. The first kappa shape index (κ1) is 19.6. The van der Waals surface area contributed by atoms with Crippen molar-refractivity contribution in [3.63, 3.8) is 0 Å². The minimum atomic E-state index is 0. The maximum Gasteiger partial charge on any atom is 0.168 e. The predicted molar refractivity (Wildman–Crippen MR) is 69.7 cm³/mol. The van der Waals surface area contributed by atoms with E-state index in [2.05, 4.69) is 28.2 Å². The molecule has 0 atom stereocenters. The second kappa shape index (κ2) is 11.2. The molecule has 1 heterocycles. The molecule has 2 nitrogen and oxygen atoms in total. The van der Waals surface area contributed by atoms with Crippen molar-refractivity contribution in [3.8, 4) is 0 Å². The first-order chi connectivity index (χ1) is 6.39. The van der Waals surface area contributed by atoms with Crippen molar-refractivity contribution in [1.29, 1.82) is 0 Å². The lowest BCUT2D eigenvalue weighted by molar-refractivity contribution is -0.849. The van der Waals surface area contributed by atoms with Gasteiger partial charge in [0, 0.05) is 12.1 Å². The third kappa shape index (κ3) is 32.0. The van der Waals surface area contributed by atoms with Crippen LogP contribution in [0.4, 0.5) is 0 Å². The third-order valence-corrected chi connectivity index (χ3v) is 0.865. The van der Waals surface area contributed by atoms with Gasteiger partial charge in [-0.3, -0.25) is 0 Å². The summed E-state index contributed by atoms with van der Waals surface area (Å²) in [6.45, 7) is 4.00. The molecular formula is C13H30N2+2. The average molecular weight is 214 g/mol. The molecule has 0 aliphatic rings. The lowest BCUT2D eigenvalue weighted by Crippen LogP contribution is -2.27. The second-order valence-corrected chi connectivity index (χ2v) is 4.22. The van der Waals surface area contributed by atoms with E-state index < -0.39 is 0 Å². The first-order valence-electron chi connectivity index (χ1n) is 5.09. The fourth-order valence-corrected chi connectivity index (χ4v) is 0.485. The summed E-state index contributed by atoms with van der Waals surface area (Å²) in [5, 5.41) is 0. The molecule has 0 unspecified atom stereocenters. The number of pyridine rings is 1. The van der Waals surface area contributed by atoms with Gasteiger partial charge < -0.3 is 4.48 Å². The number of aryl methyl sites for hydroxylation is 1. The molecule has 0 saturated heterocycles. The topological polar surface area (TPSA) is 3.88 Å². The molecule has 90 valence electrons. The van der Waals surface area contributed by atoms with E-state index >= 15 is 0 Å². The van der Waals surface area contributed by atoms with E-state index in [0.717, 1.165) is 4.48 Å². The van der Waals surface area contributed by atoms with Gasteiger partial charge in [0.15, 0.2) is 12.4 Å². The lowest BCUT2D eigenvalue weighted by Gasteiger charge is -2.14. The van der Waals surface area contributed by atoms with Crippen molar-refractivity contribution < 1.29 is 9.05 Å². The van der Waals surface area contributed by atoms with Gasteiger partial charge in [-0.05, 0) is 0 Å². The van der Waals surface area contributed by atoms with Gasteiger partial charge in [-0.1, -0.05) is 27.3 Å². The summed E-state index contributed by atoms with van der Waals surface area (Å²) in [7, 11) is 10.5. The number of hydrogen-bond acceptors (Lipinski definition) is 0. The molecule has 1 aromatic heterocycles. The van der Waals surface area contributed by atoms with Crippen molar-refractivity contribution in [3.05, 3.63) is 30.6 Å². The molecule has 0 aliphatic heterocycles. The zero-order valence-corrected chi connectivity index (χ0v) is 10.8. The standard InChI is InChI=1S/C6H8N.C4H12N.C2H6.CH4/c1-7-5-3-2-4-6-7;1-5(2,3)4;1-2;/h2-6H,1H3;1-4H3;1-2H3;1H4/q2*+1;;. The van der Waals surface area contributed by atoms with Crippen LogP contribution in [-0.2, 0) is 7.05 Å². The molecule has 0 N–H and O–H groups in total. The van der Waals surface area contributed by atoms with Crippen molar-refractivity contribution >= 4 is 0 Å². The first-order valence-corrected chi connectivity index (χ1v) is 5.09. The van der Waals surface area contributed by atoms with Crippen molar-refractivity contribution in [2.24, 2.45) is 7.05 Å². The highest BCUT2D eigenvalue weighted by Gasteiger charge is 1.88. The van der Waals surface area contributed by atoms with Crippen LogP contribution in [0.25, 0.3) is 0 Å². The summed E-state index contributed by atoms with van der Waals surface area (Å²) in [5.74, 6) is 0. The Labute approximate surface area is 96.8 Å². The Hall–Kier alpha value is -0.890. The van der Waals surface area contributed by atoms with Crippen LogP contribution in [-0.4, -0.2) is 32.7 Å². The maximum absolute atomic E-state index is 2.12. The molecule has 1 rings (SSSR count). The fraction of sp³-hybridized carbons (Fsp3) is 0.615. The van der Waals surface area contributed by atoms with Gasteiger partial charge in [-0.15, -0.1) is 0 Å². The molecular weight excluding hydrogens is 184 g/mol. The molecule has 0 spiro atoms. The summed E-state index contributed by atoms with van der Waals surface area (Å²) in [4.78, 5) is 0. The Bertz CT molecular complexity index is 194.